The van der Waals surface area contributed by atoms with Gasteiger partial charge in [0.1, 0.15) is 0 Å². The lowest BCUT2D eigenvalue weighted by molar-refractivity contribution is -0.118. The Hall–Kier alpha value is -1.35. The summed E-state index contributed by atoms with van der Waals surface area (Å²) in [6.07, 6.45) is 0.200. The highest BCUT2D eigenvalue weighted by molar-refractivity contribution is 5.74. The minimum atomic E-state index is -0.361. The molecule has 0 saturated carbocycles. The second kappa shape index (κ2) is 4.24. The number of carbonyl (C=O) groups excluding carboxylic acids is 1. The van der Waals surface area contributed by atoms with Crippen LogP contribution in [0, 0.1) is 13.8 Å². The van der Waals surface area contributed by atoms with E-state index in [1.54, 1.807) is 0 Å². The van der Waals surface area contributed by atoms with Gasteiger partial charge in [-0.15, -0.1) is 0 Å². The standard InChI is InChI=1S/C11H16N2O/c1-7-4-3-5-8(2)11(7)9(12)6-10(13)14/h3-5,9H,6,12H2,1-2H3,(H2,13,14)/t9-/m0/s1. The van der Waals surface area contributed by atoms with E-state index in [1.165, 1.54) is 0 Å². The minimum absolute atomic E-state index is 0.200. The summed E-state index contributed by atoms with van der Waals surface area (Å²) < 4.78 is 0. The van der Waals surface area contributed by atoms with Gasteiger partial charge in [-0.1, -0.05) is 18.2 Å². The van der Waals surface area contributed by atoms with Gasteiger partial charge in [-0.3, -0.25) is 4.79 Å². The topological polar surface area (TPSA) is 69.1 Å². The van der Waals surface area contributed by atoms with Crippen LogP contribution < -0.4 is 11.5 Å². The van der Waals surface area contributed by atoms with E-state index in [0.717, 1.165) is 16.7 Å². The second-order valence-electron chi connectivity index (χ2n) is 3.58. The van der Waals surface area contributed by atoms with Crippen LogP contribution in [0.25, 0.3) is 0 Å². The molecule has 0 aromatic heterocycles. The van der Waals surface area contributed by atoms with Crippen molar-refractivity contribution in [3.8, 4) is 0 Å². The number of carbonyl (C=O) groups is 1. The van der Waals surface area contributed by atoms with Crippen LogP contribution in [0.1, 0.15) is 29.2 Å². The second-order valence-corrected chi connectivity index (χ2v) is 3.58. The highest BCUT2D eigenvalue weighted by Gasteiger charge is 2.13. The number of hydrogen-bond donors (Lipinski definition) is 2. The van der Waals surface area contributed by atoms with E-state index in [9.17, 15) is 4.79 Å². The molecule has 0 radical (unpaired) electrons. The first kappa shape index (κ1) is 10.7. The third kappa shape index (κ3) is 2.33. The van der Waals surface area contributed by atoms with Gasteiger partial charge in [0, 0.05) is 12.5 Å². The van der Waals surface area contributed by atoms with E-state index in [1.807, 2.05) is 32.0 Å². The molecule has 14 heavy (non-hydrogen) atoms. The maximum atomic E-state index is 10.7. The van der Waals surface area contributed by atoms with Crippen molar-refractivity contribution in [1.29, 1.82) is 0 Å². The third-order valence-electron chi connectivity index (χ3n) is 2.33. The predicted octanol–water partition coefficient (Wildman–Crippen LogP) is 1.18. The van der Waals surface area contributed by atoms with Gasteiger partial charge in [0.2, 0.25) is 5.91 Å². The summed E-state index contributed by atoms with van der Waals surface area (Å²) in [4.78, 5) is 10.7. The molecule has 0 unspecified atom stereocenters. The van der Waals surface area contributed by atoms with E-state index >= 15 is 0 Å². The van der Waals surface area contributed by atoms with E-state index in [0.29, 0.717) is 0 Å². The molecule has 0 aliphatic carbocycles. The molecule has 3 heteroatoms. The third-order valence-corrected chi connectivity index (χ3v) is 2.33. The van der Waals surface area contributed by atoms with E-state index in [2.05, 4.69) is 0 Å². The van der Waals surface area contributed by atoms with Crippen molar-refractivity contribution in [2.45, 2.75) is 26.3 Å². The molecule has 0 bridgehead atoms. The zero-order valence-corrected chi connectivity index (χ0v) is 8.58. The normalized spacial score (nSPS) is 12.5. The number of benzene rings is 1. The zero-order chi connectivity index (χ0) is 10.7. The largest absolute Gasteiger partial charge is 0.370 e. The van der Waals surface area contributed by atoms with Crippen molar-refractivity contribution in [2.24, 2.45) is 11.5 Å². The SMILES string of the molecule is Cc1cccc(C)c1[C@@H](N)CC(N)=O. The fourth-order valence-electron chi connectivity index (χ4n) is 1.73. The Morgan fingerprint density at radius 3 is 2.29 bits per heavy atom. The summed E-state index contributed by atoms with van der Waals surface area (Å²) in [5, 5.41) is 0. The molecule has 1 atom stereocenters. The quantitative estimate of drug-likeness (QED) is 0.755. The van der Waals surface area contributed by atoms with Gasteiger partial charge >= 0.3 is 0 Å². The van der Waals surface area contributed by atoms with Crippen LogP contribution in [0.4, 0.5) is 0 Å². The molecule has 76 valence electrons. The molecule has 0 spiro atoms. The Balaban J connectivity index is 2.99. The van der Waals surface area contributed by atoms with Crippen molar-refractivity contribution in [3.63, 3.8) is 0 Å². The van der Waals surface area contributed by atoms with Gasteiger partial charge < -0.3 is 11.5 Å². The maximum absolute atomic E-state index is 10.7. The van der Waals surface area contributed by atoms with Crippen molar-refractivity contribution >= 4 is 5.91 Å². The molecule has 0 heterocycles. The van der Waals surface area contributed by atoms with Gasteiger partial charge in [-0.05, 0) is 30.5 Å². The van der Waals surface area contributed by atoms with Gasteiger partial charge in [0.15, 0.2) is 0 Å². The molecule has 4 N–H and O–H groups in total. The van der Waals surface area contributed by atoms with Crippen LogP contribution >= 0.6 is 0 Å². The molecule has 1 aromatic rings. The van der Waals surface area contributed by atoms with Crippen molar-refractivity contribution in [2.75, 3.05) is 0 Å². The fraction of sp³-hybridized carbons (Fsp3) is 0.364. The molecule has 1 amide bonds. The Bertz CT molecular complexity index is 327. The number of nitrogens with two attached hydrogens (primary N) is 2. The molecular weight excluding hydrogens is 176 g/mol. The van der Waals surface area contributed by atoms with Crippen LogP contribution in [0.5, 0.6) is 0 Å². The van der Waals surface area contributed by atoms with Crippen LogP contribution in [0.3, 0.4) is 0 Å². The first-order valence-electron chi connectivity index (χ1n) is 4.62. The monoisotopic (exact) mass is 192 g/mol. The fourth-order valence-corrected chi connectivity index (χ4v) is 1.73. The summed E-state index contributed by atoms with van der Waals surface area (Å²) >= 11 is 0. The van der Waals surface area contributed by atoms with Gasteiger partial charge in [-0.25, -0.2) is 0 Å². The molecule has 3 nitrogen and oxygen atoms in total. The molecule has 1 rings (SSSR count). The van der Waals surface area contributed by atoms with E-state index < -0.39 is 0 Å². The smallest absolute Gasteiger partial charge is 0.219 e. The number of rotatable bonds is 3. The van der Waals surface area contributed by atoms with Gasteiger partial charge in [0.05, 0.1) is 0 Å². The van der Waals surface area contributed by atoms with Crippen molar-refractivity contribution < 1.29 is 4.79 Å². The van der Waals surface area contributed by atoms with Crippen LogP contribution in [-0.2, 0) is 4.79 Å². The summed E-state index contributed by atoms with van der Waals surface area (Å²) in [5.41, 5.74) is 14.3. The van der Waals surface area contributed by atoms with Crippen LogP contribution in [0.15, 0.2) is 18.2 Å². The lowest BCUT2D eigenvalue weighted by Gasteiger charge is -2.15. The molecule has 1 aromatic carbocycles. The summed E-state index contributed by atoms with van der Waals surface area (Å²) in [7, 11) is 0. The Morgan fingerprint density at radius 1 is 1.36 bits per heavy atom. The lowest BCUT2D eigenvalue weighted by Crippen LogP contribution is -2.22. The highest BCUT2D eigenvalue weighted by Crippen LogP contribution is 2.21. The summed E-state index contributed by atoms with van der Waals surface area (Å²) in [6.45, 7) is 3.98. The number of aryl methyl sites for hydroxylation is 2. The molecule has 0 fully saturated rings. The number of primary amides is 1. The van der Waals surface area contributed by atoms with Crippen molar-refractivity contribution in [3.05, 3.63) is 34.9 Å². The molecule has 0 aliphatic rings. The molecule has 0 saturated heterocycles. The van der Waals surface area contributed by atoms with Gasteiger partial charge in [-0.2, -0.15) is 0 Å². The number of amides is 1. The van der Waals surface area contributed by atoms with E-state index in [-0.39, 0.29) is 18.4 Å². The summed E-state index contributed by atoms with van der Waals surface area (Å²) in [6, 6.07) is 5.67. The Kier molecular flexibility index (Phi) is 3.25. The zero-order valence-electron chi connectivity index (χ0n) is 8.58. The minimum Gasteiger partial charge on any atom is -0.370 e. The Morgan fingerprint density at radius 2 is 1.86 bits per heavy atom. The van der Waals surface area contributed by atoms with Crippen LogP contribution in [0.2, 0.25) is 0 Å². The van der Waals surface area contributed by atoms with Crippen molar-refractivity contribution in [1.82, 2.24) is 0 Å². The predicted molar refractivity (Wildman–Crippen MR) is 56.7 cm³/mol. The van der Waals surface area contributed by atoms with Gasteiger partial charge in [0.25, 0.3) is 0 Å². The van der Waals surface area contributed by atoms with E-state index in [4.69, 9.17) is 11.5 Å². The number of hydrogen-bond acceptors (Lipinski definition) is 2. The molecule has 0 aliphatic heterocycles. The first-order valence-corrected chi connectivity index (χ1v) is 4.62. The summed E-state index contributed by atoms with van der Waals surface area (Å²) in [5.74, 6) is -0.361. The highest BCUT2D eigenvalue weighted by atomic mass is 16.1. The average Bonchev–Trinajstić information content (AvgIpc) is 2.01. The maximum Gasteiger partial charge on any atom is 0.219 e. The van der Waals surface area contributed by atoms with Crippen LogP contribution in [-0.4, -0.2) is 5.91 Å². The Labute approximate surface area is 84.1 Å². The lowest BCUT2D eigenvalue weighted by atomic mass is 9.95. The average molecular weight is 192 g/mol. The first-order chi connectivity index (χ1) is 6.52. The molecular formula is C11H16N2O.